The number of aliphatic hydroxyl groups is 3. The highest BCUT2D eigenvalue weighted by Crippen LogP contribution is 2.62. The minimum Gasteiger partial charge on any atom is -0.493 e. The molecule has 374 valence electrons. The Kier molecular flexibility index (Phi) is 25.0. The number of carbonyl (C=O) groups is 1. The number of amides is 1. The Hall–Kier alpha value is -3.59. The smallest absolute Gasteiger partial charge is 0.410 e. The number of carbonyl (C=O) groups excluding carboxylic acids is 1. The summed E-state index contributed by atoms with van der Waals surface area (Å²) in [5.74, 6) is 0.302. The van der Waals surface area contributed by atoms with Crippen molar-refractivity contribution >= 4 is 23.6 Å². The van der Waals surface area contributed by atoms with Crippen LogP contribution in [0.2, 0.25) is 0 Å². The van der Waals surface area contributed by atoms with E-state index in [1.165, 1.54) is 49.8 Å². The van der Waals surface area contributed by atoms with Crippen molar-refractivity contribution in [1.82, 2.24) is 4.90 Å². The van der Waals surface area contributed by atoms with Crippen LogP contribution in [0.4, 0.5) is 4.79 Å². The van der Waals surface area contributed by atoms with Crippen LogP contribution in [0, 0.1) is 17.8 Å². The molecule has 0 saturated heterocycles. The normalized spacial score (nSPS) is 22.3. The molecule has 0 radical (unpaired) electrons. The van der Waals surface area contributed by atoms with Gasteiger partial charge in [0.2, 0.25) is 5.79 Å². The van der Waals surface area contributed by atoms with Crippen molar-refractivity contribution in [2.75, 3.05) is 71.8 Å². The van der Waals surface area contributed by atoms with Gasteiger partial charge in [0.1, 0.15) is 24.1 Å². The summed E-state index contributed by atoms with van der Waals surface area (Å²) < 4.78 is 32.9. The molecule has 3 aliphatic rings. The molecular formula is C54H82N2O10S. The molecule has 0 bridgehead atoms. The third-order valence-corrected chi connectivity index (χ3v) is 14.3. The quantitative estimate of drug-likeness (QED) is 0.0262. The predicted octanol–water partition coefficient (Wildman–Crippen LogP) is 10.9. The highest BCUT2D eigenvalue weighted by Gasteiger charge is 2.65. The van der Waals surface area contributed by atoms with Gasteiger partial charge < -0.3 is 43.8 Å². The van der Waals surface area contributed by atoms with Gasteiger partial charge in [0, 0.05) is 48.3 Å². The maximum Gasteiger partial charge on any atom is 0.410 e. The molecule has 1 fully saturated rings. The lowest BCUT2D eigenvalue weighted by Crippen LogP contribution is -2.70. The number of benzene rings is 2. The summed E-state index contributed by atoms with van der Waals surface area (Å²) in [5, 5.41) is 34.4. The topological polar surface area (TPSA) is 149 Å². The monoisotopic (exact) mass is 951 g/mol. The van der Waals surface area contributed by atoms with Gasteiger partial charge in [-0.25, -0.2) is 4.79 Å². The number of oxime groups is 1. The van der Waals surface area contributed by atoms with E-state index in [1.807, 2.05) is 37.3 Å². The largest absolute Gasteiger partial charge is 0.493 e. The molecule has 1 heterocycles. The van der Waals surface area contributed by atoms with Crippen molar-refractivity contribution in [3.8, 4) is 11.5 Å². The van der Waals surface area contributed by atoms with Gasteiger partial charge in [-0.3, -0.25) is 4.90 Å². The van der Waals surface area contributed by atoms with Gasteiger partial charge in [-0.15, -0.1) is 18.3 Å². The zero-order valence-corrected chi connectivity index (χ0v) is 41.5. The molecule has 5 rings (SSSR count). The first-order valence-corrected chi connectivity index (χ1v) is 26.6. The first-order valence-electron chi connectivity index (χ1n) is 25.6. The molecule has 0 spiro atoms. The van der Waals surface area contributed by atoms with E-state index in [1.54, 1.807) is 22.7 Å². The number of thioether (sulfide) groups is 1. The molecule has 2 aliphatic carbocycles. The second-order valence-electron chi connectivity index (χ2n) is 18.0. The number of hydrogen-bond acceptors (Lipinski definition) is 12. The fraction of sp³-hybridized carbons (Fsp3) is 0.667. The van der Waals surface area contributed by atoms with Crippen molar-refractivity contribution in [2.24, 2.45) is 22.9 Å². The van der Waals surface area contributed by atoms with Crippen LogP contribution in [0.5, 0.6) is 11.5 Å². The van der Waals surface area contributed by atoms with Crippen molar-refractivity contribution in [3.05, 3.63) is 78.4 Å². The van der Waals surface area contributed by atoms with Gasteiger partial charge in [-0.2, -0.15) is 0 Å². The summed E-state index contributed by atoms with van der Waals surface area (Å²) in [6.07, 6.45) is 20.3. The fourth-order valence-electron chi connectivity index (χ4n) is 10.3. The van der Waals surface area contributed by atoms with E-state index in [0.717, 1.165) is 73.3 Å². The predicted molar refractivity (Wildman–Crippen MR) is 267 cm³/mol. The number of ether oxygens (including phenoxy) is 5. The minimum absolute atomic E-state index is 0.0777. The standard InChI is InChI=1S/C54H82N2O10S/c1-4-7-8-9-10-11-12-13-14-22-34-63-53(60)56(29-35-61-36-32-59)50-41-48(55-65-6-3)46-39-42(23-18-20-30-57)45(26-19-21-31-58)51-47-40-43(62-37-38-67-44-24-16-15-17-25-44)27-28-49(47)66-54(50,52(46)51)64-33-5-2/h5,15-17,24-25,27-28,39-40,42,45,50-52,57-59H,2,4,6-14,18-23,26,29-38,41H2,1,3H3. The number of nitrogens with zero attached hydrogens (tertiary/aromatic N) is 2. The van der Waals surface area contributed by atoms with Crippen LogP contribution in [0.15, 0.2) is 82.9 Å². The summed E-state index contributed by atoms with van der Waals surface area (Å²) in [7, 11) is 0. The van der Waals surface area contributed by atoms with Gasteiger partial charge in [0.05, 0.1) is 51.3 Å². The van der Waals surface area contributed by atoms with Crippen molar-refractivity contribution in [2.45, 2.75) is 146 Å². The maximum atomic E-state index is 14.7. The summed E-state index contributed by atoms with van der Waals surface area (Å²) >= 11 is 1.75. The Morgan fingerprint density at radius 3 is 2.30 bits per heavy atom. The second kappa shape index (κ2) is 30.8. The van der Waals surface area contributed by atoms with E-state index < -0.39 is 23.8 Å². The van der Waals surface area contributed by atoms with E-state index in [0.29, 0.717) is 31.8 Å². The van der Waals surface area contributed by atoms with Gasteiger partial charge in [0.15, 0.2) is 0 Å². The SMILES string of the molecule is C=CCOC12Oc3ccc(OCCSc4ccccc4)cc3C3C(CCCCO)C(CCCCO)C=C(C(=NOCC)CC1N(CCOCCO)C(=O)OCCCCCCCCCCCC)C32. The lowest BCUT2D eigenvalue weighted by molar-refractivity contribution is -0.256. The Morgan fingerprint density at radius 2 is 1.60 bits per heavy atom. The molecule has 6 unspecified atom stereocenters. The molecule has 67 heavy (non-hydrogen) atoms. The molecular weight excluding hydrogens is 869 g/mol. The molecule has 1 amide bonds. The first kappa shape index (κ1) is 54.4. The number of aliphatic hydroxyl groups excluding tert-OH is 3. The van der Waals surface area contributed by atoms with Gasteiger partial charge in [-0.1, -0.05) is 113 Å². The molecule has 12 nitrogen and oxygen atoms in total. The highest BCUT2D eigenvalue weighted by molar-refractivity contribution is 7.99. The van der Waals surface area contributed by atoms with Crippen molar-refractivity contribution < 1.29 is 48.6 Å². The number of hydrogen-bond donors (Lipinski definition) is 3. The zero-order valence-electron chi connectivity index (χ0n) is 40.7. The first-order chi connectivity index (χ1) is 33.0. The average Bonchev–Trinajstić information content (AvgIpc) is 3.34. The van der Waals surface area contributed by atoms with Gasteiger partial charge >= 0.3 is 6.09 Å². The summed E-state index contributed by atoms with van der Waals surface area (Å²) in [5.41, 5.74) is 2.69. The van der Waals surface area contributed by atoms with Gasteiger partial charge in [0.25, 0.3) is 0 Å². The summed E-state index contributed by atoms with van der Waals surface area (Å²) in [6, 6.07) is 15.6. The van der Waals surface area contributed by atoms with E-state index in [2.05, 4.69) is 37.8 Å². The number of fused-ring (bicyclic) bond motifs is 2. The summed E-state index contributed by atoms with van der Waals surface area (Å²) in [6.45, 7) is 10.0. The molecule has 2 aromatic rings. The highest BCUT2D eigenvalue weighted by atomic mass is 32.2. The zero-order chi connectivity index (χ0) is 47.5. The van der Waals surface area contributed by atoms with Crippen LogP contribution in [0.1, 0.15) is 134 Å². The molecule has 0 aromatic heterocycles. The molecule has 1 saturated carbocycles. The fourth-order valence-corrected chi connectivity index (χ4v) is 11.0. The molecule has 2 aromatic carbocycles. The number of allylic oxidation sites excluding steroid dienone is 1. The van der Waals surface area contributed by atoms with Crippen LogP contribution < -0.4 is 9.47 Å². The van der Waals surface area contributed by atoms with Gasteiger partial charge in [-0.05, 0) is 86.8 Å². The van der Waals surface area contributed by atoms with Crippen molar-refractivity contribution in [1.29, 1.82) is 0 Å². The van der Waals surface area contributed by atoms with Crippen LogP contribution in [-0.2, 0) is 19.0 Å². The summed E-state index contributed by atoms with van der Waals surface area (Å²) in [4.78, 5) is 23.5. The van der Waals surface area contributed by atoms with E-state index in [-0.39, 0.29) is 77.0 Å². The van der Waals surface area contributed by atoms with Crippen LogP contribution in [-0.4, -0.2) is 116 Å². The Morgan fingerprint density at radius 1 is 0.866 bits per heavy atom. The third-order valence-electron chi connectivity index (χ3n) is 13.4. The van der Waals surface area contributed by atoms with Crippen LogP contribution in [0.25, 0.3) is 0 Å². The van der Waals surface area contributed by atoms with Crippen LogP contribution in [0.3, 0.4) is 0 Å². The molecule has 3 N–H and O–H groups in total. The minimum atomic E-state index is -1.42. The molecule has 1 aliphatic heterocycles. The Bertz CT molecular complexity index is 1780. The lowest BCUT2D eigenvalue weighted by atomic mass is 9.55. The molecule has 6 atom stereocenters. The molecule has 13 heteroatoms. The van der Waals surface area contributed by atoms with Crippen molar-refractivity contribution in [3.63, 3.8) is 0 Å². The Labute approximate surface area is 405 Å². The number of unbranched alkanes of at least 4 members (excludes halogenated alkanes) is 11. The average molecular weight is 951 g/mol. The van der Waals surface area contributed by atoms with E-state index in [9.17, 15) is 20.1 Å². The van der Waals surface area contributed by atoms with E-state index in [4.69, 9.17) is 33.7 Å². The maximum absolute atomic E-state index is 14.7. The second-order valence-corrected chi connectivity index (χ2v) is 19.2. The number of rotatable bonds is 35. The van der Waals surface area contributed by atoms with E-state index >= 15 is 0 Å². The lowest BCUT2D eigenvalue weighted by Gasteiger charge is -2.59. The third kappa shape index (κ3) is 16.0. The Balaban J connectivity index is 1.55. The van der Waals surface area contributed by atoms with Crippen LogP contribution >= 0.6 is 11.8 Å².